The first-order valence-electron chi connectivity index (χ1n) is 11.0. The summed E-state index contributed by atoms with van der Waals surface area (Å²) in [6, 6.07) is 0. The smallest absolute Gasteiger partial charge is 0.132 e. The largest absolute Gasteiger partial charge is 0.394 e. The molecular formula is C22H44O4. The van der Waals surface area contributed by atoms with Crippen molar-refractivity contribution >= 4 is 5.78 Å². The van der Waals surface area contributed by atoms with Gasteiger partial charge in [0.15, 0.2) is 0 Å². The molecular weight excluding hydrogens is 328 g/mol. The third-order valence-electron chi connectivity index (χ3n) is 4.89. The van der Waals surface area contributed by atoms with E-state index >= 15 is 0 Å². The summed E-state index contributed by atoms with van der Waals surface area (Å²) >= 11 is 0. The number of Topliss-reactive ketones (excluding diaryl/α,β-unsaturated/α-hetero) is 1. The summed E-state index contributed by atoms with van der Waals surface area (Å²) < 4.78 is 10.4. The minimum atomic E-state index is -0.258. The lowest BCUT2D eigenvalue weighted by atomic mass is 10.0. The molecule has 0 radical (unpaired) electrons. The van der Waals surface area contributed by atoms with E-state index in [-0.39, 0.29) is 12.7 Å². The number of ketones is 1. The highest BCUT2D eigenvalue weighted by molar-refractivity contribution is 5.78. The van der Waals surface area contributed by atoms with Crippen molar-refractivity contribution in [1.82, 2.24) is 0 Å². The van der Waals surface area contributed by atoms with Gasteiger partial charge in [-0.1, -0.05) is 77.6 Å². The third-order valence-corrected chi connectivity index (χ3v) is 4.89. The number of rotatable bonds is 21. The van der Waals surface area contributed by atoms with Gasteiger partial charge in [-0.05, 0) is 12.8 Å². The Kier molecular flexibility index (Phi) is 20.5. The fourth-order valence-electron chi connectivity index (χ4n) is 3.07. The molecule has 0 aliphatic heterocycles. The predicted octanol–water partition coefficient (Wildman–Crippen LogP) is 5.45. The molecule has 156 valence electrons. The number of aliphatic hydroxyl groups excluding tert-OH is 1. The van der Waals surface area contributed by atoms with Crippen molar-refractivity contribution in [3.8, 4) is 0 Å². The summed E-state index contributed by atoms with van der Waals surface area (Å²) in [6.45, 7) is 3.18. The Morgan fingerprint density at radius 3 is 1.81 bits per heavy atom. The summed E-state index contributed by atoms with van der Waals surface area (Å²) in [7, 11) is 1.56. The second-order valence-corrected chi connectivity index (χ2v) is 7.40. The van der Waals surface area contributed by atoms with E-state index in [9.17, 15) is 4.79 Å². The average molecular weight is 373 g/mol. The van der Waals surface area contributed by atoms with Crippen LogP contribution in [-0.2, 0) is 14.3 Å². The van der Waals surface area contributed by atoms with E-state index in [1.165, 1.54) is 70.6 Å². The summed E-state index contributed by atoms with van der Waals surface area (Å²) in [4.78, 5) is 11.8. The molecule has 0 aromatic heterocycles. The van der Waals surface area contributed by atoms with Crippen LogP contribution in [0.4, 0.5) is 0 Å². The second-order valence-electron chi connectivity index (χ2n) is 7.40. The normalized spacial score (nSPS) is 12.4. The second kappa shape index (κ2) is 20.9. The molecule has 26 heavy (non-hydrogen) atoms. The lowest BCUT2D eigenvalue weighted by molar-refractivity contribution is -0.119. The number of ether oxygens (including phenoxy) is 2. The first kappa shape index (κ1) is 25.6. The van der Waals surface area contributed by atoms with Gasteiger partial charge >= 0.3 is 0 Å². The molecule has 1 unspecified atom stereocenters. The average Bonchev–Trinajstić information content (AvgIpc) is 2.65. The molecule has 0 saturated carbocycles. The van der Waals surface area contributed by atoms with E-state index in [2.05, 4.69) is 6.92 Å². The van der Waals surface area contributed by atoms with Gasteiger partial charge in [0.25, 0.3) is 0 Å². The van der Waals surface area contributed by atoms with Crippen molar-refractivity contribution in [3.63, 3.8) is 0 Å². The maximum atomic E-state index is 11.8. The molecule has 1 N–H and O–H groups in total. The van der Waals surface area contributed by atoms with Crippen molar-refractivity contribution in [2.45, 2.75) is 109 Å². The van der Waals surface area contributed by atoms with Crippen LogP contribution in [0.1, 0.15) is 103 Å². The number of aliphatic hydroxyl groups is 1. The van der Waals surface area contributed by atoms with Crippen molar-refractivity contribution < 1.29 is 19.4 Å². The van der Waals surface area contributed by atoms with Gasteiger partial charge in [-0.15, -0.1) is 0 Å². The minimum absolute atomic E-state index is 0.0333. The molecule has 0 heterocycles. The molecule has 0 spiro atoms. The van der Waals surface area contributed by atoms with Crippen molar-refractivity contribution in [1.29, 1.82) is 0 Å². The van der Waals surface area contributed by atoms with Gasteiger partial charge in [0.05, 0.1) is 13.2 Å². The summed E-state index contributed by atoms with van der Waals surface area (Å²) in [5.74, 6) is 0.353. The molecule has 4 heteroatoms. The van der Waals surface area contributed by atoms with Crippen molar-refractivity contribution in [2.75, 3.05) is 26.9 Å². The van der Waals surface area contributed by atoms with E-state index < -0.39 is 0 Å². The molecule has 0 aliphatic rings. The van der Waals surface area contributed by atoms with Gasteiger partial charge in [0.2, 0.25) is 0 Å². The highest BCUT2D eigenvalue weighted by atomic mass is 16.5. The topological polar surface area (TPSA) is 55.8 Å². The van der Waals surface area contributed by atoms with Gasteiger partial charge in [0, 0.05) is 26.6 Å². The van der Waals surface area contributed by atoms with Crippen LogP contribution in [0, 0.1) is 0 Å². The lowest BCUT2D eigenvalue weighted by Crippen LogP contribution is -2.22. The first-order chi connectivity index (χ1) is 12.7. The number of methoxy groups -OCH3 is 1. The quantitative estimate of drug-likeness (QED) is 0.272. The molecule has 1 atom stereocenters. The standard InChI is InChI=1S/C22H44O4/c1-3-4-5-6-7-8-9-10-11-12-13-14-16-21(24)17-15-18-26-20-22(19-23)25-2/h22-23H,3-20H2,1-2H3. The van der Waals surface area contributed by atoms with E-state index in [0.29, 0.717) is 25.4 Å². The van der Waals surface area contributed by atoms with Crippen LogP contribution in [0.2, 0.25) is 0 Å². The zero-order valence-corrected chi connectivity index (χ0v) is 17.5. The monoisotopic (exact) mass is 372 g/mol. The highest BCUT2D eigenvalue weighted by Gasteiger charge is 2.06. The highest BCUT2D eigenvalue weighted by Crippen LogP contribution is 2.13. The summed E-state index contributed by atoms with van der Waals surface area (Å²) in [6.07, 6.45) is 17.7. The van der Waals surface area contributed by atoms with E-state index in [1.807, 2.05) is 0 Å². The van der Waals surface area contributed by atoms with Gasteiger partial charge in [-0.2, -0.15) is 0 Å². The summed E-state index contributed by atoms with van der Waals surface area (Å²) in [5, 5.41) is 8.95. The fraction of sp³-hybridized carbons (Fsp3) is 0.955. The molecule has 0 aromatic rings. The van der Waals surface area contributed by atoms with Crippen LogP contribution in [0.25, 0.3) is 0 Å². The Balaban J connectivity index is 3.22. The van der Waals surface area contributed by atoms with Crippen LogP contribution >= 0.6 is 0 Å². The molecule has 0 fully saturated rings. The molecule has 0 rings (SSSR count). The Labute approximate surface area is 162 Å². The molecule has 4 nitrogen and oxygen atoms in total. The number of carbonyl (C=O) groups is 1. The van der Waals surface area contributed by atoms with Gasteiger partial charge in [-0.25, -0.2) is 0 Å². The van der Waals surface area contributed by atoms with Crippen molar-refractivity contribution in [3.05, 3.63) is 0 Å². The molecule has 0 bridgehead atoms. The SMILES string of the molecule is CCCCCCCCCCCCCCC(=O)CCCOCC(CO)OC. The lowest BCUT2D eigenvalue weighted by Gasteiger charge is -2.12. The molecule has 0 amide bonds. The first-order valence-corrected chi connectivity index (χ1v) is 11.0. The Bertz CT molecular complexity index is 290. The Hall–Kier alpha value is -0.450. The maximum absolute atomic E-state index is 11.8. The fourth-order valence-corrected chi connectivity index (χ4v) is 3.07. The zero-order chi connectivity index (χ0) is 19.3. The zero-order valence-electron chi connectivity index (χ0n) is 17.5. The Morgan fingerprint density at radius 2 is 1.31 bits per heavy atom. The van der Waals surface area contributed by atoms with E-state index in [0.717, 1.165) is 19.3 Å². The number of unbranched alkanes of at least 4 members (excludes halogenated alkanes) is 11. The van der Waals surface area contributed by atoms with Crippen LogP contribution in [0.15, 0.2) is 0 Å². The molecule has 0 aliphatic carbocycles. The van der Waals surface area contributed by atoms with Crippen LogP contribution < -0.4 is 0 Å². The predicted molar refractivity (Wildman–Crippen MR) is 109 cm³/mol. The van der Waals surface area contributed by atoms with Crippen LogP contribution in [0.3, 0.4) is 0 Å². The van der Waals surface area contributed by atoms with Crippen LogP contribution in [-0.4, -0.2) is 43.9 Å². The number of carbonyl (C=O) groups excluding carboxylic acids is 1. The molecule has 0 aromatic carbocycles. The Morgan fingerprint density at radius 1 is 0.808 bits per heavy atom. The van der Waals surface area contributed by atoms with Gasteiger partial charge in [-0.3, -0.25) is 4.79 Å². The van der Waals surface area contributed by atoms with Gasteiger partial charge < -0.3 is 14.6 Å². The maximum Gasteiger partial charge on any atom is 0.132 e. The van der Waals surface area contributed by atoms with E-state index in [1.54, 1.807) is 7.11 Å². The van der Waals surface area contributed by atoms with E-state index in [4.69, 9.17) is 14.6 Å². The number of hydrogen-bond donors (Lipinski definition) is 1. The third kappa shape index (κ3) is 18.3. The van der Waals surface area contributed by atoms with Crippen LogP contribution in [0.5, 0.6) is 0 Å². The minimum Gasteiger partial charge on any atom is -0.394 e. The summed E-state index contributed by atoms with van der Waals surface area (Å²) in [5.41, 5.74) is 0. The number of hydrogen-bond acceptors (Lipinski definition) is 4. The molecule has 0 saturated heterocycles. The van der Waals surface area contributed by atoms with Gasteiger partial charge in [0.1, 0.15) is 11.9 Å². The van der Waals surface area contributed by atoms with Crippen molar-refractivity contribution in [2.24, 2.45) is 0 Å².